The van der Waals surface area contributed by atoms with Crippen LogP contribution in [0.2, 0.25) is 0 Å². The van der Waals surface area contributed by atoms with E-state index in [1.807, 2.05) is 13.8 Å². The predicted octanol–water partition coefficient (Wildman–Crippen LogP) is 1.11. The molecule has 1 aromatic rings. The van der Waals surface area contributed by atoms with Gasteiger partial charge in [0.2, 0.25) is 11.8 Å². The lowest BCUT2D eigenvalue weighted by molar-refractivity contribution is -0.125. The molecule has 2 saturated heterocycles. The fourth-order valence-corrected chi connectivity index (χ4v) is 3.22. The molecule has 25 heavy (non-hydrogen) atoms. The van der Waals surface area contributed by atoms with Gasteiger partial charge >= 0.3 is 0 Å². The lowest BCUT2D eigenvalue weighted by Gasteiger charge is -2.30. The zero-order valence-corrected chi connectivity index (χ0v) is 15.1. The smallest absolute Gasteiger partial charge is 0.249 e. The normalized spacial score (nSPS) is 21.4. The monoisotopic (exact) mass is 352 g/mol. The summed E-state index contributed by atoms with van der Waals surface area (Å²) in [5.74, 6) is 1.61. The highest BCUT2D eigenvalue weighted by Crippen LogP contribution is 2.30. The van der Waals surface area contributed by atoms with Crippen LogP contribution in [0.3, 0.4) is 0 Å². The van der Waals surface area contributed by atoms with E-state index < -0.39 is 0 Å². The van der Waals surface area contributed by atoms with Gasteiger partial charge in [0.15, 0.2) is 5.82 Å². The van der Waals surface area contributed by atoms with Crippen molar-refractivity contribution in [3.63, 3.8) is 0 Å². The van der Waals surface area contributed by atoms with Gasteiger partial charge in [0.05, 0.1) is 19.8 Å². The second-order valence-electron chi connectivity index (χ2n) is 7.03. The van der Waals surface area contributed by atoms with Crippen LogP contribution >= 0.6 is 0 Å². The topological polar surface area (TPSA) is 89.7 Å². The average molecular weight is 352 g/mol. The number of hydrogen-bond acceptors (Lipinski definition) is 7. The molecule has 0 unspecified atom stereocenters. The molecule has 8 heteroatoms. The average Bonchev–Trinajstić information content (AvgIpc) is 3.11. The third-order valence-electron chi connectivity index (χ3n) is 4.76. The Morgan fingerprint density at radius 3 is 2.52 bits per heavy atom. The third kappa shape index (κ3) is 4.99. The van der Waals surface area contributed by atoms with Crippen LogP contribution in [0.1, 0.15) is 50.4 Å². The minimum atomic E-state index is -0.252. The van der Waals surface area contributed by atoms with Crippen molar-refractivity contribution in [1.29, 1.82) is 0 Å². The lowest BCUT2D eigenvalue weighted by Crippen LogP contribution is -2.45. The SMILES string of the molecule is CC(C)c1noc([C@H](NC(=O)CN2CCOCC2)C2CCOCC2)n1. The number of carbonyl (C=O) groups excluding carboxylic acids is 1. The molecular formula is C17H28N4O4. The zero-order valence-electron chi connectivity index (χ0n) is 15.1. The minimum Gasteiger partial charge on any atom is -0.381 e. The molecule has 0 bridgehead atoms. The maximum absolute atomic E-state index is 12.6. The summed E-state index contributed by atoms with van der Waals surface area (Å²) in [6.07, 6.45) is 1.75. The molecule has 8 nitrogen and oxygen atoms in total. The number of carbonyl (C=O) groups is 1. The molecule has 3 rings (SSSR count). The number of rotatable bonds is 6. The molecule has 1 aromatic heterocycles. The van der Waals surface area contributed by atoms with Crippen LogP contribution in [-0.2, 0) is 14.3 Å². The summed E-state index contributed by atoms with van der Waals surface area (Å²) in [4.78, 5) is 19.2. The Bertz CT molecular complexity index is 551. The van der Waals surface area contributed by atoms with Gasteiger partial charge in [-0.25, -0.2) is 0 Å². The number of morpholine rings is 1. The molecule has 2 fully saturated rings. The number of hydrogen-bond donors (Lipinski definition) is 1. The number of amides is 1. The summed E-state index contributed by atoms with van der Waals surface area (Å²) < 4.78 is 16.3. The van der Waals surface area contributed by atoms with E-state index in [0.29, 0.717) is 44.7 Å². The Labute approximate surface area is 148 Å². The molecule has 1 N–H and O–H groups in total. The van der Waals surface area contributed by atoms with Gasteiger partial charge in [-0.3, -0.25) is 9.69 Å². The van der Waals surface area contributed by atoms with E-state index in [1.165, 1.54) is 0 Å². The Morgan fingerprint density at radius 1 is 1.20 bits per heavy atom. The molecule has 1 atom stereocenters. The van der Waals surface area contributed by atoms with Crippen LogP contribution < -0.4 is 5.32 Å². The van der Waals surface area contributed by atoms with Gasteiger partial charge in [0, 0.05) is 32.2 Å². The molecule has 2 aliphatic heterocycles. The molecule has 3 heterocycles. The quantitative estimate of drug-likeness (QED) is 0.820. The van der Waals surface area contributed by atoms with Gasteiger partial charge in [-0.2, -0.15) is 4.98 Å². The summed E-state index contributed by atoms with van der Waals surface area (Å²) in [5.41, 5.74) is 0. The molecule has 0 saturated carbocycles. The number of nitrogens with one attached hydrogen (secondary N) is 1. The third-order valence-corrected chi connectivity index (χ3v) is 4.76. The number of ether oxygens (including phenoxy) is 2. The van der Waals surface area contributed by atoms with E-state index in [2.05, 4.69) is 20.4 Å². The van der Waals surface area contributed by atoms with Crippen LogP contribution in [0.5, 0.6) is 0 Å². The largest absolute Gasteiger partial charge is 0.381 e. The molecule has 2 aliphatic rings. The van der Waals surface area contributed by atoms with Crippen LogP contribution in [0.25, 0.3) is 0 Å². The van der Waals surface area contributed by atoms with Gasteiger partial charge in [0.1, 0.15) is 6.04 Å². The first kappa shape index (κ1) is 18.3. The van der Waals surface area contributed by atoms with Crippen LogP contribution in [0.4, 0.5) is 0 Å². The van der Waals surface area contributed by atoms with Crippen molar-refractivity contribution in [3.8, 4) is 0 Å². The molecule has 0 spiro atoms. The van der Waals surface area contributed by atoms with E-state index in [-0.39, 0.29) is 23.8 Å². The zero-order chi connectivity index (χ0) is 17.6. The van der Waals surface area contributed by atoms with Crippen LogP contribution in [0, 0.1) is 5.92 Å². The molecule has 0 radical (unpaired) electrons. The second kappa shape index (κ2) is 8.73. The fourth-order valence-electron chi connectivity index (χ4n) is 3.22. The van der Waals surface area contributed by atoms with Crippen molar-refractivity contribution < 1.29 is 18.8 Å². The molecule has 0 aliphatic carbocycles. The van der Waals surface area contributed by atoms with Gasteiger partial charge < -0.3 is 19.3 Å². The van der Waals surface area contributed by atoms with E-state index in [9.17, 15) is 4.79 Å². The van der Waals surface area contributed by atoms with E-state index in [0.717, 1.165) is 25.9 Å². The van der Waals surface area contributed by atoms with Crippen LogP contribution in [-0.4, -0.2) is 67.0 Å². The van der Waals surface area contributed by atoms with Crippen LogP contribution in [0.15, 0.2) is 4.52 Å². The Kier molecular flexibility index (Phi) is 6.39. The highest BCUT2D eigenvalue weighted by Gasteiger charge is 2.32. The minimum absolute atomic E-state index is 0.0114. The van der Waals surface area contributed by atoms with Gasteiger partial charge in [0.25, 0.3) is 0 Å². The first-order chi connectivity index (χ1) is 12.1. The number of aromatic nitrogens is 2. The molecule has 140 valence electrons. The van der Waals surface area contributed by atoms with Gasteiger partial charge in [-0.1, -0.05) is 19.0 Å². The maximum atomic E-state index is 12.6. The van der Waals surface area contributed by atoms with E-state index >= 15 is 0 Å². The second-order valence-corrected chi connectivity index (χ2v) is 7.03. The van der Waals surface area contributed by atoms with Crippen molar-refractivity contribution in [3.05, 3.63) is 11.7 Å². The summed E-state index contributed by atoms with van der Waals surface area (Å²) >= 11 is 0. The summed E-state index contributed by atoms with van der Waals surface area (Å²) in [6.45, 7) is 8.74. The molecule has 0 aromatic carbocycles. The summed E-state index contributed by atoms with van der Waals surface area (Å²) in [6, 6.07) is -0.252. The highest BCUT2D eigenvalue weighted by molar-refractivity contribution is 5.78. The van der Waals surface area contributed by atoms with Gasteiger partial charge in [-0.15, -0.1) is 0 Å². The lowest BCUT2D eigenvalue weighted by atomic mass is 9.91. The highest BCUT2D eigenvalue weighted by atomic mass is 16.5. The summed E-state index contributed by atoms with van der Waals surface area (Å²) in [5, 5.41) is 7.19. The van der Waals surface area contributed by atoms with Gasteiger partial charge in [-0.05, 0) is 18.8 Å². The van der Waals surface area contributed by atoms with Crippen molar-refractivity contribution >= 4 is 5.91 Å². The van der Waals surface area contributed by atoms with Crippen molar-refractivity contribution in [2.75, 3.05) is 46.1 Å². The first-order valence-corrected chi connectivity index (χ1v) is 9.14. The molecular weight excluding hydrogens is 324 g/mol. The molecule has 1 amide bonds. The van der Waals surface area contributed by atoms with Crippen molar-refractivity contribution in [2.24, 2.45) is 5.92 Å². The fraction of sp³-hybridized carbons (Fsp3) is 0.824. The summed E-state index contributed by atoms with van der Waals surface area (Å²) in [7, 11) is 0. The standard InChI is InChI=1S/C17H28N4O4/c1-12(2)16-19-17(25-20-16)15(13-3-7-23-8-4-13)18-14(22)11-21-5-9-24-10-6-21/h12-13,15H,3-11H2,1-2H3,(H,18,22)/t15-/m1/s1. The Morgan fingerprint density at radius 2 is 1.88 bits per heavy atom. The number of nitrogens with zero attached hydrogens (tertiary/aromatic N) is 3. The van der Waals surface area contributed by atoms with Crippen molar-refractivity contribution in [1.82, 2.24) is 20.4 Å². The Hall–Kier alpha value is -1.51. The predicted molar refractivity (Wildman–Crippen MR) is 90.1 cm³/mol. The van der Waals surface area contributed by atoms with Crippen molar-refractivity contribution in [2.45, 2.75) is 38.6 Å². The Balaban J connectivity index is 1.67. The maximum Gasteiger partial charge on any atom is 0.249 e. The first-order valence-electron chi connectivity index (χ1n) is 9.14. The van der Waals surface area contributed by atoms with E-state index in [1.54, 1.807) is 0 Å². The van der Waals surface area contributed by atoms with E-state index in [4.69, 9.17) is 14.0 Å².